The second-order valence-electron chi connectivity index (χ2n) is 5.00. The average Bonchev–Trinajstić information content (AvgIpc) is 2.43. The number of rotatable bonds is 4. The number of aromatic nitrogens is 2. The minimum Gasteiger partial charge on any atom is -0.360 e. The Bertz CT molecular complexity index is 382. The summed E-state index contributed by atoms with van der Waals surface area (Å²) < 4.78 is 1.83. The maximum Gasteiger partial charge on any atom is 0.172 e. The van der Waals surface area contributed by atoms with Crippen molar-refractivity contribution >= 4 is 23.1 Å². The standard InChI is InChI=1S/C12H22N4S/c1-8(2)6-10-7-11(16(5)15-10)14-12(17)13-9(3)4/h7-9H,6H2,1-5H3,(H2,13,14,17). The van der Waals surface area contributed by atoms with Gasteiger partial charge in [-0.25, -0.2) is 0 Å². The first-order valence-electron chi connectivity index (χ1n) is 5.99. The Hall–Kier alpha value is -1.10. The van der Waals surface area contributed by atoms with Crippen LogP contribution in [0.4, 0.5) is 5.82 Å². The largest absolute Gasteiger partial charge is 0.360 e. The van der Waals surface area contributed by atoms with Crippen LogP contribution in [0.25, 0.3) is 0 Å². The number of anilines is 1. The molecule has 0 atom stereocenters. The van der Waals surface area contributed by atoms with Crippen molar-refractivity contribution in [2.24, 2.45) is 13.0 Å². The minimum absolute atomic E-state index is 0.332. The van der Waals surface area contributed by atoms with Gasteiger partial charge in [-0.3, -0.25) is 4.68 Å². The molecule has 1 aromatic heterocycles. The Morgan fingerprint density at radius 2 is 2.06 bits per heavy atom. The van der Waals surface area contributed by atoms with E-state index in [1.807, 2.05) is 17.8 Å². The van der Waals surface area contributed by atoms with E-state index in [4.69, 9.17) is 12.2 Å². The molecule has 0 saturated carbocycles. The van der Waals surface area contributed by atoms with Crippen LogP contribution in [0.15, 0.2) is 6.07 Å². The summed E-state index contributed by atoms with van der Waals surface area (Å²) in [6.07, 6.45) is 0.986. The molecule has 0 aliphatic carbocycles. The van der Waals surface area contributed by atoms with Gasteiger partial charge in [-0.1, -0.05) is 13.8 Å². The van der Waals surface area contributed by atoms with Gasteiger partial charge in [-0.05, 0) is 38.4 Å². The van der Waals surface area contributed by atoms with Gasteiger partial charge in [0.25, 0.3) is 0 Å². The van der Waals surface area contributed by atoms with Crippen molar-refractivity contribution in [1.29, 1.82) is 0 Å². The van der Waals surface area contributed by atoms with Crippen molar-refractivity contribution in [3.05, 3.63) is 11.8 Å². The molecule has 0 fully saturated rings. The Morgan fingerprint density at radius 1 is 1.41 bits per heavy atom. The van der Waals surface area contributed by atoms with E-state index in [1.165, 1.54) is 0 Å². The van der Waals surface area contributed by atoms with Gasteiger partial charge in [-0.2, -0.15) is 5.10 Å². The molecular formula is C12H22N4S. The highest BCUT2D eigenvalue weighted by molar-refractivity contribution is 7.80. The summed E-state index contributed by atoms with van der Waals surface area (Å²) in [6.45, 7) is 8.49. The smallest absolute Gasteiger partial charge is 0.172 e. The maximum atomic E-state index is 5.21. The van der Waals surface area contributed by atoms with Crippen LogP contribution in [0, 0.1) is 5.92 Å². The third-order valence-electron chi connectivity index (χ3n) is 2.21. The summed E-state index contributed by atoms with van der Waals surface area (Å²) in [7, 11) is 1.92. The number of hydrogen-bond donors (Lipinski definition) is 2. The van der Waals surface area contributed by atoms with Crippen molar-refractivity contribution in [3.8, 4) is 0 Å². The van der Waals surface area contributed by atoms with Crippen LogP contribution in [0.1, 0.15) is 33.4 Å². The van der Waals surface area contributed by atoms with Crippen LogP contribution in [-0.2, 0) is 13.5 Å². The molecule has 1 rings (SSSR count). The number of hydrogen-bond acceptors (Lipinski definition) is 2. The fraction of sp³-hybridized carbons (Fsp3) is 0.667. The van der Waals surface area contributed by atoms with Crippen molar-refractivity contribution < 1.29 is 0 Å². The monoisotopic (exact) mass is 254 g/mol. The van der Waals surface area contributed by atoms with Gasteiger partial charge >= 0.3 is 0 Å². The molecule has 0 unspecified atom stereocenters. The lowest BCUT2D eigenvalue weighted by atomic mass is 10.1. The van der Waals surface area contributed by atoms with Gasteiger partial charge in [0.2, 0.25) is 0 Å². The Morgan fingerprint density at radius 3 is 2.59 bits per heavy atom. The third-order valence-corrected chi connectivity index (χ3v) is 2.43. The van der Waals surface area contributed by atoms with Crippen molar-refractivity contribution in [1.82, 2.24) is 15.1 Å². The van der Waals surface area contributed by atoms with Crippen LogP contribution in [-0.4, -0.2) is 20.9 Å². The highest BCUT2D eigenvalue weighted by atomic mass is 32.1. The number of nitrogens with one attached hydrogen (secondary N) is 2. The highest BCUT2D eigenvalue weighted by Gasteiger charge is 2.08. The molecule has 2 N–H and O–H groups in total. The van der Waals surface area contributed by atoms with Crippen LogP contribution in [0.2, 0.25) is 0 Å². The van der Waals surface area contributed by atoms with E-state index in [9.17, 15) is 0 Å². The van der Waals surface area contributed by atoms with Crippen LogP contribution in [0.3, 0.4) is 0 Å². The number of aryl methyl sites for hydroxylation is 1. The predicted molar refractivity (Wildman–Crippen MR) is 76.2 cm³/mol. The first-order chi connectivity index (χ1) is 7.88. The normalized spacial score (nSPS) is 11.0. The van der Waals surface area contributed by atoms with E-state index >= 15 is 0 Å². The zero-order valence-corrected chi connectivity index (χ0v) is 12.1. The molecule has 96 valence electrons. The quantitative estimate of drug-likeness (QED) is 0.809. The second kappa shape index (κ2) is 6.00. The van der Waals surface area contributed by atoms with Gasteiger partial charge in [0, 0.05) is 19.2 Å². The Balaban J connectivity index is 2.65. The fourth-order valence-corrected chi connectivity index (χ4v) is 1.92. The molecule has 1 heterocycles. The molecule has 1 aromatic rings. The Kier molecular flexibility index (Phi) is 4.93. The van der Waals surface area contributed by atoms with E-state index < -0.39 is 0 Å². The van der Waals surface area contributed by atoms with Gasteiger partial charge in [0.15, 0.2) is 5.11 Å². The lowest BCUT2D eigenvalue weighted by Crippen LogP contribution is -2.34. The third kappa shape index (κ3) is 4.73. The Labute approximate surface area is 109 Å². The van der Waals surface area contributed by atoms with Crippen molar-refractivity contribution in [2.75, 3.05) is 5.32 Å². The molecule has 4 nitrogen and oxygen atoms in total. The van der Waals surface area contributed by atoms with Crippen LogP contribution >= 0.6 is 12.2 Å². The van der Waals surface area contributed by atoms with E-state index in [2.05, 4.69) is 43.4 Å². The molecule has 0 amide bonds. The summed E-state index contributed by atoms with van der Waals surface area (Å²) in [5.74, 6) is 1.54. The number of nitrogens with zero attached hydrogens (tertiary/aromatic N) is 2. The van der Waals surface area contributed by atoms with Gasteiger partial charge in [0.1, 0.15) is 5.82 Å². The molecule has 0 bridgehead atoms. The molecule has 0 radical (unpaired) electrons. The van der Waals surface area contributed by atoms with Crippen molar-refractivity contribution in [2.45, 2.75) is 40.2 Å². The molecule has 0 aliphatic heterocycles. The zero-order valence-electron chi connectivity index (χ0n) is 11.2. The molecular weight excluding hydrogens is 232 g/mol. The maximum absolute atomic E-state index is 5.21. The minimum atomic E-state index is 0.332. The lowest BCUT2D eigenvalue weighted by molar-refractivity contribution is 0.621. The summed E-state index contributed by atoms with van der Waals surface area (Å²) in [5, 5.41) is 11.4. The zero-order chi connectivity index (χ0) is 13.0. The van der Waals surface area contributed by atoms with Crippen molar-refractivity contribution in [3.63, 3.8) is 0 Å². The fourth-order valence-electron chi connectivity index (χ4n) is 1.58. The van der Waals surface area contributed by atoms with Crippen LogP contribution in [0.5, 0.6) is 0 Å². The van der Waals surface area contributed by atoms with Crippen LogP contribution < -0.4 is 10.6 Å². The molecule has 0 saturated heterocycles. The predicted octanol–water partition coefficient (Wildman–Crippen LogP) is 2.31. The SMILES string of the molecule is CC(C)Cc1cc(NC(=S)NC(C)C)n(C)n1. The molecule has 0 aliphatic rings. The summed E-state index contributed by atoms with van der Waals surface area (Å²) in [6, 6.07) is 2.38. The van der Waals surface area contributed by atoms with E-state index in [-0.39, 0.29) is 0 Å². The summed E-state index contributed by atoms with van der Waals surface area (Å²) >= 11 is 5.21. The first kappa shape index (κ1) is 14.0. The summed E-state index contributed by atoms with van der Waals surface area (Å²) in [5.41, 5.74) is 1.09. The average molecular weight is 254 g/mol. The lowest BCUT2D eigenvalue weighted by Gasteiger charge is -2.12. The van der Waals surface area contributed by atoms with Gasteiger partial charge in [-0.15, -0.1) is 0 Å². The number of thiocarbonyl (C=S) groups is 1. The molecule has 0 aromatic carbocycles. The van der Waals surface area contributed by atoms with E-state index in [1.54, 1.807) is 0 Å². The molecule has 0 spiro atoms. The highest BCUT2D eigenvalue weighted by Crippen LogP contribution is 2.12. The molecule has 17 heavy (non-hydrogen) atoms. The van der Waals surface area contributed by atoms with E-state index in [0.29, 0.717) is 17.1 Å². The summed E-state index contributed by atoms with van der Waals surface area (Å²) in [4.78, 5) is 0. The van der Waals surface area contributed by atoms with E-state index in [0.717, 1.165) is 17.9 Å². The topological polar surface area (TPSA) is 41.9 Å². The molecule has 5 heteroatoms. The second-order valence-corrected chi connectivity index (χ2v) is 5.40. The van der Waals surface area contributed by atoms with Gasteiger partial charge < -0.3 is 10.6 Å². The van der Waals surface area contributed by atoms with Gasteiger partial charge in [0.05, 0.1) is 5.69 Å². The first-order valence-corrected chi connectivity index (χ1v) is 6.39.